The molecule has 0 fully saturated rings. The lowest BCUT2D eigenvalue weighted by Gasteiger charge is -2.17. The Hall–Kier alpha value is -3.19. The summed E-state index contributed by atoms with van der Waals surface area (Å²) in [6.45, 7) is 6.52. The highest BCUT2D eigenvalue weighted by Crippen LogP contribution is 2.17. The number of likely N-dealkylation sites (N-methyl/N-ethyl adjacent to an activating group) is 1. The molecule has 2 rings (SSSR count). The van der Waals surface area contributed by atoms with Gasteiger partial charge in [-0.25, -0.2) is 4.79 Å². The highest BCUT2D eigenvalue weighted by atomic mass is 16.5. The van der Waals surface area contributed by atoms with Crippen molar-refractivity contribution in [1.29, 1.82) is 0 Å². The summed E-state index contributed by atoms with van der Waals surface area (Å²) in [6, 6.07) is 12.3. The van der Waals surface area contributed by atoms with Gasteiger partial charge < -0.3 is 15.4 Å². The number of rotatable bonds is 10. The summed E-state index contributed by atoms with van der Waals surface area (Å²) in [7, 11) is 1.71. The van der Waals surface area contributed by atoms with Gasteiger partial charge in [-0.2, -0.15) is 0 Å². The van der Waals surface area contributed by atoms with Gasteiger partial charge in [-0.1, -0.05) is 25.5 Å². The SMILES string of the molecule is CCCCOC(=O)c1ccc(NC(=O)CN(C)CC(=O)Nc2cccc(C)c2C)cc1. The first-order valence-electron chi connectivity index (χ1n) is 10.4. The number of carbonyl (C=O) groups is 3. The molecule has 0 aliphatic heterocycles. The minimum Gasteiger partial charge on any atom is -0.462 e. The Balaban J connectivity index is 1.80. The number of nitrogens with zero attached hydrogens (tertiary/aromatic N) is 1. The quantitative estimate of drug-likeness (QED) is 0.447. The number of anilines is 2. The topological polar surface area (TPSA) is 87.7 Å². The van der Waals surface area contributed by atoms with Gasteiger partial charge >= 0.3 is 5.97 Å². The lowest BCUT2D eigenvalue weighted by Crippen LogP contribution is -2.36. The molecule has 7 heteroatoms. The molecule has 0 radical (unpaired) electrons. The fourth-order valence-electron chi connectivity index (χ4n) is 2.91. The van der Waals surface area contributed by atoms with Crippen molar-refractivity contribution in [1.82, 2.24) is 4.90 Å². The van der Waals surface area contributed by atoms with Crippen LogP contribution in [0.3, 0.4) is 0 Å². The Bertz CT molecular complexity index is 910. The summed E-state index contributed by atoms with van der Waals surface area (Å²) in [6.07, 6.45) is 1.79. The molecule has 0 bridgehead atoms. The summed E-state index contributed by atoms with van der Waals surface area (Å²) in [5, 5.41) is 5.65. The third-order valence-electron chi connectivity index (χ3n) is 4.84. The van der Waals surface area contributed by atoms with Gasteiger partial charge in [-0.15, -0.1) is 0 Å². The first kappa shape index (κ1) is 24.1. The lowest BCUT2D eigenvalue weighted by molar-refractivity contribution is -0.119. The van der Waals surface area contributed by atoms with Gasteiger partial charge in [0, 0.05) is 11.4 Å². The molecule has 0 aromatic heterocycles. The molecule has 0 aliphatic carbocycles. The Labute approximate surface area is 183 Å². The predicted molar refractivity (Wildman–Crippen MR) is 122 cm³/mol. The summed E-state index contributed by atoms with van der Waals surface area (Å²) < 4.78 is 5.16. The molecule has 2 N–H and O–H groups in total. The number of hydrogen-bond acceptors (Lipinski definition) is 5. The molecule has 0 saturated heterocycles. The summed E-state index contributed by atoms with van der Waals surface area (Å²) >= 11 is 0. The maximum Gasteiger partial charge on any atom is 0.338 e. The fourth-order valence-corrected chi connectivity index (χ4v) is 2.91. The molecule has 0 unspecified atom stereocenters. The smallest absolute Gasteiger partial charge is 0.338 e. The van der Waals surface area contributed by atoms with Gasteiger partial charge in [0.2, 0.25) is 11.8 Å². The standard InChI is InChI=1S/C24H31N3O4/c1-5-6-14-31-24(30)19-10-12-20(13-11-19)25-22(28)15-27(4)16-23(29)26-21-9-7-8-17(2)18(21)3/h7-13H,5-6,14-16H2,1-4H3,(H,25,28)(H,26,29). The van der Waals surface area contributed by atoms with Crippen LogP contribution in [-0.2, 0) is 14.3 Å². The highest BCUT2D eigenvalue weighted by Gasteiger charge is 2.13. The van der Waals surface area contributed by atoms with Crippen LogP contribution in [0.4, 0.5) is 11.4 Å². The lowest BCUT2D eigenvalue weighted by atomic mass is 10.1. The maximum absolute atomic E-state index is 12.3. The summed E-state index contributed by atoms with van der Waals surface area (Å²) in [5.74, 6) is -0.809. The van der Waals surface area contributed by atoms with Crippen LogP contribution in [0.5, 0.6) is 0 Å². The minimum absolute atomic E-state index is 0.0566. The number of ether oxygens (including phenoxy) is 1. The first-order chi connectivity index (χ1) is 14.8. The van der Waals surface area contributed by atoms with Gasteiger partial charge in [-0.05, 0) is 68.8 Å². The van der Waals surface area contributed by atoms with Crippen LogP contribution in [0.15, 0.2) is 42.5 Å². The van der Waals surface area contributed by atoms with E-state index in [-0.39, 0.29) is 30.9 Å². The molecule has 0 heterocycles. The van der Waals surface area contributed by atoms with E-state index < -0.39 is 0 Å². The minimum atomic E-state index is -0.374. The van der Waals surface area contributed by atoms with E-state index in [1.807, 2.05) is 39.0 Å². The van der Waals surface area contributed by atoms with Crippen molar-refractivity contribution in [2.24, 2.45) is 0 Å². The van der Waals surface area contributed by atoms with Gasteiger partial charge in [0.05, 0.1) is 25.3 Å². The van der Waals surface area contributed by atoms with Crippen molar-refractivity contribution in [2.75, 3.05) is 37.4 Å². The first-order valence-corrected chi connectivity index (χ1v) is 10.4. The second-order valence-electron chi connectivity index (χ2n) is 7.58. The number of nitrogens with one attached hydrogen (secondary N) is 2. The molecule has 2 amide bonds. The average molecular weight is 426 g/mol. The Morgan fingerprint density at radius 2 is 1.58 bits per heavy atom. The molecule has 7 nitrogen and oxygen atoms in total. The van der Waals surface area contributed by atoms with E-state index in [9.17, 15) is 14.4 Å². The molecule has 31 heavy (non-hydrogen) atoms. The van der Waals surface area contributed by atoms with Crippen LogP contribution in [-0.4, -0.2) is 49.4 Å². The molecule has 0 aliphatic rings. The van der Waals surface area contributed by atoms with Crippen molar-refractivity contribution in [3.8, 4) is 0 Å². The zero-order valence-electron chi connectivity index (χ0n) is 18.7. The van der Waals surface area contributed by atoms with Gasteiger partial charge in [0.1, 0.15) is 0 Å². The third kappa shape index (κ3) is 7.86. The molecule has 166 valence electrons. The molecule has 2 aromatic carbocycles. The zero-order valence-corrected chi connectivity index (χ0v) is 18.7. The van der Waals surface area contributed by atoms with Crippen LogP contribution >= 0.6 is 0 Å². The van der Waals surface area contributed by atoms with E-state index >= 15 is 0 Å². The maximum atomic E-state index is 12.3. The molecular weight excluding hydrogens is 394 g/mol. The number of benzene rings is 2. The van der Waals surface area contributed by atoms with E-state index in [1.165, 1.54) is 0 Å². The largest absolute Gasteiger partial charge is 0.462 e. The highest BCUT2D eigenvalue weighted by molar-refractivity contribution is 5.95. The number of hydrogen-bond donors (Lipinski definition) is 2. The van der Waals surface area contributed by atoms with Crippen molar-refractivity contribution in [3.63, 3.8) is 0 Å². The van der Waals surface area contributed by atoms with Crippen LogP contribution in [0.2, 0.25) is 0 Å². The molecular formula is C24H31N3O4. The van der Waals surface area contributed by atoms with Crippen molar-refractivity contribution in [3.05, 3.63) is 59.2 Å². The third-order valence-corrected chi connectivity index (χ3v) is 4.84. The Kier molecular flexibility index (Phi) is 9.21. The van der Waals surface area contributed by atoms with Gasteiger partial charge in [0.15, 0.2) is 0 Å². The summed E-state index contributed by atoms with van der Waals surface area (Å²) in [5.41, 5.74) is 3.91. The second-order valence-corrected chi connectivity index (χ2v) is 7.58. The number of unbranched alkanes of at least 4 members (excludes halogenated alkanes) is 1. The van der Waals surface area contributed by atoms with Gasteiger partial charge in [-0.3, -0.25) is 14.5 Å². The Morgan fingerprint density at radius 1 is 0.935 bits per heavy atom. The molecule has 2 aromatic rings. The number of carbonyl (C=O) groups excluding carboxylic acids is 3. The van der Waals surface area contributed by atoms with Crippen LogP contribution in [0.25, 0.3) is 0 Å². The fraction of sp³-hybridized carbons (Fsp3) is 0.375. The molecule has 0 spiro atoms. The second kappa shape index (κ2) is 11.9. The van der Waals surface area contributed by atoms with E-state index in [0.29, 0.717) is 17.9 Å². The zero-order chi connectivity index (χ0) is 22.8. The number of esters is 1. The van der Waals surface area contributed by atoms with Gasteiger partial charge in [0.25, 0.3) is 0 Å². The van der Waals surface area contributed by atoms with Crippen LogP contribution in [0, 0.1) is 13.8 Å². The van der Waals surface area contributed by atoms with Crippen molar-refractivity contribution >= 4 is 29.2 Å². The van der Waals surface area contributed by atoms with Crippen molar-refractivity contribution < 1.29 is 19.1 Å². The Morgan fingerprint density at radius 3 is 2.23 bits per heavy atom. The van der Waals surface area contributed by atoms with E-state index in [0.717, 1.165) is 29.7 Å². The van der Waals surface area contributed by atoms with Crippen LogP contribution in [0.1, 0.15) is 41.3 Å². The monoisotopic (exact) mass is 425 g/mol. The van der Waals surface area contributed by atoms with E-state index in [2.05, 4.69) is 10.6 Å². The number of amides is 2. The summed E-state index contributed by atoms with van der Waals surface area (Å²) in [4.78, 5) is 38.1. The molecule has 0 atom stereocenters. The van der Waals surface area contributed by atoms with E-state index in [1.54, 1.807) is 36.2 Å². The van der Waals surface area contributed by atoms with Crippen molar-refractivity contribution in [2.45, 2.75) is 33.6 Å². The molecule has 0 saturated carbocycles. The average Bonchev–Trinajstić information content (AvgIpc) is 2.71. The van der Waals surface area contributed by atoms with Crippen LogP contribution < -0.4 is 10.6 Å². The predicted octanol–water partition coefficient (Wildman–Crippen LogP) is 3.77. The van der Waals surface area contributed by atoms with E-state index in [4.69, 9.17) is 4.74 Å². The normalized spacial score (nSPS) is 10.6. The number of aryl methyl sites for hydroxylation is 1.